The Bertz CT molecular complexity index is 210. The number of hydrogen-bond donors (Lipinski definition) is 0. The van der Waals surface area contributed by atoms with Gasteiger partial charge >= 0.3 is 58.2 Å². The summed E-state index contributed by atoms with van der Waals surface area (Å²) < 4.78 is 1.42. The molecule has 0 aromatic carbocycles. The Morgan fingerprint density at radius 3 is 2.50 bits per heavy atom. The van der Waals surface area contributed by atoms with Crippen LogP contribution in [-0.4, -0.2) is 17.4 Å². The van der Waals surface area contributed by atoms with Gasteiger partial charge in [0.15, 0.2) is 0 Å². The number of aryl methyl sites for hydroxylation is 1. The number of rotatable bonds is 1. The topological polar surface area (TPSA) is 17.8 Å². The van der Waals surface area contributed by atoms with Gasteiger partial charge in [0.25, 0.3) is 0 Å². The van der Waals surface area contributed by atoms with Crippen molar-refractivity contribution in [1.82, 2.24) is 9.46 Å². The third kappa shape index (κ3) is 2.29. The van der Waals surface area contributed by atoms with Crippen LogP contribution in [0.4, 0.5) is 0 Å². The van der Waals surface area contributed by atoms with Crippen molar-refractivity contribution in [3.05, 3.63) is 17.7 Å². The van der Waals surface area contributed by atoms with E-state index in [1.165, 1.54) is 4.48 Å². The smallest absolute Gasteiger partial charge is 0.507 e. The van der Waals surface area contributed by atoms with Crippen molar-refractivity contribution in [2.75, 3.05) is 0 Å². The number of hydrogen-bond acceptors (Lipinski definition) is 1. The minimum atomic E-state index is 0. The van der Waals surface area contributed by atoms with Gasteiger partial charge in [-0.3, -0.25) is 0 Å². The van der Waals surface area contributed by atoms with E-state index in [-0.39, 0.29) is 58.2 Å². The zero-order valence-electron chi connectivity index (χ0n) is 6.68. The molecule has 0 fully saturated rings. The molecule has 2 radical (unpaired) electrons. The van der Waals surface area contributed by atoms with Crippen LogP contribution in [0.3, 0.4) is 0 Å². The summed E-state index contributed by atoms with van der Waals surface area (Å²) in [4.78, 5) is 3.95. The van der Waals surface area contributed by atoms with Gasteiger partial charge < -0.3 is 9.46 Å². The van der Waals surface area contributed by atoms with E-state index in [0.29, 0.717) is 0 Å². The summed E-state index contributed by atoms with van der Waals surface area (Å²) >= 11 is 0. The first-order valence-corrected chi connectivity index (χ1v) is 2.96. The van der Waals surface area contributed by atoms with Gasteiger partial charge in [0, 0.05) is 0 Å². The van der Waals surface area contributed by atoms with Crippen LogP contribution in [0.25, 0.3) is 0 Å². The normalized spacial score (nSPS) is 9.00. The minimum Gasteiger partial charge on any atom is -0.507 e. The van der Waals surface area contributed by atoms with Crippen molar-refractivity contribution < 1.29 is 58.2 Å². The van der Waals surface area contributed by atoms with Crippen molar-refractivity contribution in [2.24, 2.45) is 0 Å². The molecule has 0 aliphatic heterocycles. The molecule has 46 valence electrons. The maximum absolute atomic E-state index is 5.41. The molecule has 0 N–H and O–H groups in total. The van der Waals surface area contributed by atoms with Crippen LogP contribution in [0.1, 0.15) is 18.3 Å². The van der Waals surface area contributed by atoms with Gasteiger partial charge in [0.05, 0.1) is 0 Å². The average molecular weight is 204 g/mol. The van der Waals surface area contributed by atoms with Crippen LogP contribution in [-0.2, 0) is 6.42 Å². The van der Waals surface area contributed by atoms with Crippen molar-refractivity contribution in [3.63, 3.8) is 0 Å². The van der Waals surface area contributed by atoms with Gasteiger partial charge in [-0.25, -0.2) is 0 Å². The summed E-state index contributed by atoms with van der Waals surface area (Å²) in [5.74, 6) is 0. The van der Waals surface area contributed by atoms with Gasteiger partial charge in [-0.2, -0.15) is 0 Å². The Labute approximate surface area is 112 Å². The van der Waals surface area contributed by atoms with Gasteiger partial charge in [-0.05, 0) is 6.33 Å². The third-order valence-corrected chi connectivity index (χ3v) is 1.41. The zero-order chi connectivity index (χ0) is 6.85. The van der Waals surface area contributed by atoms with Crippen molar-refractivity contribution in [3.8, 4) is 0 Å². The van der Waals surface area contributed by atoms with Crippen LogP contribution < -0.4 is 58.2 Å². The molecule has 1 rings (SSSR count). The Kier molecular flexibility index (Phi) is 5.38. The van der Waals surface area contributed by atoms with E-state index in [4.69, 9.17) is 7.98 Å². The molecule has 1 aromatic rings. The maximum atomic E-state index is 5.41. The monoisotopic (exact) mass is 204 g/mol. The first-order valence-electron chi connectivity index (χ1n) is 2.96. The van der Waals surface area contributed by atoms with Crippen LogP contribution in [0.2, 0.25) is 0 Å². The molecule has 0 bridgehead atoms. The first-order chi connectivity index (χ1) is 4.25. The fraction of sp³-hybridized carbons (Fsp3) is 0.500. The van der Waals surface area contributed by atoms with Crippen molar-refractivity contribution in [1.29, 1.82) is 0 Å². The molecular formula is C6H8BN2Rb. The fourth-order valence-electron chi connectivity index (χ4n) is 0.744. The van der Waals surface area contributed by atoms with E-state index in [1.54, 1.807) is 0 Å². The number of aromatic nitrogens is 2. The predicted molar refractivity (Wildman–Crippen MR) is 36.3 cm³/mol. The number of imidazole rings is 1. The molecule has 0 atom stereocenters. The SMILES string of the molecule is [B]n1[c-]nc(CC)c1C.[Rb+]. The van der Waals surface area contributed by atoms with Gasteiger partial charge in [0.2, 0.25) is 7.98 Å². The third-order valence-electron chi connectivity index (χ3n) is 1.41. The second-order valence-corrected chi connectivity index (χ2v) is 1.97. The van der Waals surface area contributed by atoms with E-state index in [2.05, 4.69) is 11.3 Å². The summed E-state index contributed by atoms with van der Waals surface area (Å²) in [5, 5.41) is 0. The predicted octanol–water partition coefficient (Wildman–Crippen LogP) is -2.51. The van der Waals surface area contributed by atoms with Gasteiger partial charge in [-0.15, -0.1) is 5.69 Å². The molecular weight excluding hydrogens is 196 g/mol. The molecule has 0 aliphatic rings. The van der Waals surface area contributed by atoms with Crippen LogP contribution in [0, 0.1) is 13.3 Å². The van der Waals surface area contributed by atoms with Crippen LogP contribution in [0.5, 0.6) is 0 Å². The quantitative estimate of drug-likeness (QED) is 0.365. The summed E-state index contributed by atoms with van der Waals surface area (Å²) in [6.45, 7) is 3.98. The Balaban J connectivity index is 0.000000810. The molecule has 4 heteroatoms. The van der Waals surface area contributed by atoms with E-state index in [9.17, 15) is 0 Å². The number of nitrogens with zero attached hydrogens (tertiary/aromatic N) is 2. The van der Waals surface area contributed by atoms with Crippen molar-refractivity contribution >= 4 is 7.98 Å². The summed E-state index contributed by atoms with van der Waals surface area (Å²) in [6, 6.07) is 0. The first kappa shape index (κ1) is 11.1. The Morgan fingerprint density at radius 2 is 2.30 bits per heavy atom. The van der Waals surface area contributed by atoms with Crippen LogP contribution in [0.15, 0.2) is 0 Å². The van der Waals surface area contributed by atoms with Gasteiger partial charge in [0.1, 0.15) is 0 Å². The molecule has 10 heavy (non-hydrogen) atoms. The second-order valence-electron chi connectivity index (χ2n) is 1.97. The standard InChI is InChI=1S/C6H8BN2.Rb/c1-3-6-5(2)9(7)4-8-6;/h3H2,1-2H3;/q-1;+1. The molecule has 0 amide bonds. The van der Waals surface area contributed by atoms with E-state index < -0.39 is 0 Å². The molecule has 0 aliphatic carbocycles. The largest absolute Gasteiger partial charge is 1.00 e. The Morgan fingerprint density at radius 1 is 1.70 bits per heavy atom. The summed E-state index contributed by atoms with van der Waals surface area (Å²) in [6.07, 6.45) is 3.56. The van der Waals surface area contributed by atoms with Crippen molar-refractivity contribution in [2.45, 2.75) is 20.3 Å². The average Bonchev–Trinajstić information content (AvgIpc) is 2.15. The molecule has 0 unspecified atom stereocenters. The summed E-state index contributed by atoms with van der Waals surface area (Å²) in [7, 11) is 5.41. The fourth-order valence-corrected chi connectivity index (χ4v) is 0.744. The summed E-state index contributed by atoms with van der Waals surface area (Å²) in [5.41, 5.74) is 2.02. The molecule has 0 spiro atoms. The zero-order valence-corrected chi connectivity index (χ0v) is 11.6. The van der Waals surface area contributed by atoms with E-state index >= 15 is 0 Å². The minimum absolute atomic E-state index is 0. The van der Waals surface area contributed by atoms with E-state index in [1.807, 2.05) is 13.8 Å². The second kappa shape index (κ2) is 4.86. The Hall–Kier alpha value is 1.08. The van der Waals surface area contributed by atoms with Crippen LogP contribution >= 0.6 is 0 Å². The maximum Gasteiger partial charge on any atom is 1.00 e. The van der Waals surface area contributed by atoms with Gasteiger partial charge in [-0.1, -0.05) is 26.0 Å². The molecule has 2 nitrogen and oxygen atoms in total. The molecule has 1 heterocycles. The molecule has 1 aromatic heterocycles. The molecule has 0 saturated heterocycles. The van der Waals surface area contributed by atoms with E-state index in [0.717, 1.165) is 17.8 Å². The molecule has 0 saturated carbocycles.